The quantitative estimate of drug-likeness (QED) is 0.650. The Morgan fingerprint density at radius 1 is 1.05 bits per heavy atom. The first-order valence-electron chi connectivity index (χ1n) is 6.43. The summed E-state index contributed by atoms with van der Waals surface area (Å²) in [5.41, 5.74) is 1.81. The zero-order chi connectivity index (χ0) is 15.7. The summed E-state index contributed by atoms with van der Waals surface area (Å²) in [6, 6.07) is 14.2. The normalized spacial score (nSPS) is 16.3. The molecular weight excluding hydrogens is 339 g/mol. The van der Waals surface area contributed by atoms with Crippen LogP contribution in [-0.4, -0.2) is 11.0 Å². The van der Waals surface area contributed by atoms with E-state index in [0.29, 0.717) is 26.5 Å². The molecule has 0 aromatic heterocycles. The van der Waals surface area contributed by atoms with Crippen molar-refractivity contribution in [3.63, 3.8) is 0 Å². The molecule has 22 heavy (non-hydrogen) atoms. The lowest BCUT2D eigenvalue weighted by atomic mass is 10.2. The van der Waals surface area contributed by atoms with E-state index in [1.54, 1.807) is 42.5 Å². The van der Waals surface area contributed by atoms with E-state index in [-0.39, 0.29) is 5.91 Å². The lowest BCUT2D eigenvalue weighted by molar-refractivity contribution is -0.113. The van der Waals surface area contributed by atoms with Gasteiger partial charge in [-0.3, -0.25) is 9.69 Å². The monoisotopic (exact) mass is 348 g/mol. The predicted octanol–water partition coefficient (Wildman–Crippen LogP) is 4.26. The maximum Gasteiger partial charge on any atom is 0.281 e. The van der Waals surface area contributed by atoms with Crippen LogP contribution in [0.3, 0.4) is 0 Å². The lowest BCUT2D eigenvalue weighted by Crippen LogP contribution is -2.30. The van der Waals surface area contributed by atoms with Gasteiger partial charge in [0.15, 0.2) is 5.11 Å². The van der Waals surface area contributed by atoms with Gasteiger partial charge in [0.05, 0.1) is 10.7 Å². The predicted molar refractivity (Wildman–Crippen MR) is 94.1 cm³/mol. The molecule has 0 saturated carbocycles. The maximum atomic E-state index is 12.6. The van der Waals surface area contributed by atoms with E-state index in [9.17, 15) is 4.79 Å². The number of hydrogen-bond donors (Lipinski definition) is 1. The van der Waals surface area contributed by atoms with Gasteiger partial charge in [-0.15, -0.1) is 0 Å². The van der Waals surface area contributed by atoms with Gasteiger partial charge in [0.25, 0.3) is 5.91 Å². The second-order valence-corrected chi connectivity index (χ2v) is 5.86. The van der Waals surface area contributed by atoms with Gasteiger partial charge in [0.1, 0.15) is 5.70 Å². The van der Waals surface area contributed by atoms with Crippen molar-refractivity contribution in [3.8, 4) is 0 Å². The first-order valence-corrected chi connectivity index (χ1v) is 7.60. The SMILES string of the molecule is O=C1/C(=C/c2ccc(Cl)cc2)NC(=S)N1c1ccccc1Cl. The van der Waals surface area contributed by atoms with E-state index >= 15 is 0 Å². The number of thiocarbonyl (C=S) groups is 1. The molecule has 3 nitrogen and oxygen atoms in total. The van der Waals surface area contributed by atoms with Gasteiger partial charge < -0.3 is 5.32 Å². The van der Waals surface area contributed by atoms with Crippen molar-refractivity contribution in [3.05, 3.63) is 69.8 Å². The zero-order valence-electron chi connectivity index (χ0n) is 11.2. The fourth-order valence-corrected chi connectivity index (χ4v) is 2.75. The van der Waals surface area contributed by atoms with Crippen molar-refractivity contribution >= 4 is 58.2 Å². The number of anilines is 1. The summed E-state index contributed by atoms with van der Waals surface area (Å²) in [6.45, 7) is 0. The molecule has 0 radical (unpaired) electrons. The Bertz CT molecular complexity index is 787. The molecule has 6 heteroatoms. The summed E-state index contributed by atoms with van der Waals surface area (Å²) >= 11 is 17.2. The number of nitrogens with one attached hydrogen (secondary N) is 1. The molecule has 0 unspecified atom stereocenters. The summed E-state index contributed by atoms with van der Waals surface area (Å²) in [5, 5.41) is 4.33. The van der Waals surface area contributed by atoms with Gasteiger partial charge in [0, 0.05) is 5.02 Å². The summed E-state index contributed by atoms with van der Waals surface area (Å²) < 4.78 is 0. The minimum atomic E-state index is -0.243. The molecule has 0 bridgehead atoms. The fourth-order valence-electron chi connectivity index (χ4n) is 2.11. The van der Waals surface area contributed by atoms with E-state index in [0.717, 1.165) is 5.56 Å². The summed E-state index contributed by atoms with van der Waals surface area (Å²) in [4.78, 5) is 14.0. The van der Waals surface area contributed by atoms with Crippen LogP contribution in [0.5, 0.6) is 0 Å². The van der Waals surface area contributed by atoms with Crippen molar-refractivity contribution < 1.29 is 4.79 Å². The number of para-hydroxylation sites is 1. The molecule has 1 aliphatic heterocycles. The molecule has 1 N–H and O–H groups in total. The molecule has 1 saturated heterocycles. The Morgan fingerprint density at radius 2 is 1.73 bits per heavy atom. The molecule has 0 atom stereocenters. The number of carbonyl (C=O) groups is 1. The third-order valence-corrected chi connectivity index (χ3v) is 4.01. The van der Waals surface area contributed by atoms with Crippen LogP contribution in [0, 0.1) is 0 Å². The molecule has 1 heterocycles. The van der Waals surface area contributed by atoms with E-state index in [2.05, 4.69) is 5.32 Å². The van der Waals surface area contributed by atoms with Gasteiger partial charge in [-0.25, -0.2) is 0 Å². The number of amides is 1. The van der Waals surface area contributed by atoms with Crippen LogP contribution in [0.2, 0.25) is 10.0 Å². The Balaban J connectivity index is 1.95. The highest BCUT2D eigenvalue weighted by Gasteiger charge is 2.32. The van der Waals surface area contributed by atoms with Gasteiger partial charge in [-0.1, -0.05) is 47.5 Å². The van der Waals surface area contributed by atoms with Crippen molar-refractivity contribution in [2.45, 2.75) is 0 Å². The zero-order valence-corrected chi connectivity index (χ0v) is 13.5. The molecule has 0 aliphatic carbocycles. The van der Waals surface area contributed by atoms with Crippen molar-refractivity contribution in [2.75, 3.05) is 4.90 Å². The molecule has 110 valence electrons. The summed E-state index contributed by atoms with van der Waals surface area (Å²) in [5.74, 6) is -0.243. The van der Waals surface area contributed by atoms with Crippen molar-refractivity contribution in [1.82, 2.24) is 5.32 Å². The van der Waals surface area contributed by atoms with Gasteiger partial charge in [0.2, 0.25) is 0 Å². The highest BCUT2D eigenvalue weighted by Crippen LogP contribution is 2.29. The first kappa shape index (κ1) is 15.0. The van der Waals surface area contributed by atoms with Crippen LogP contribution in [0.4, 0.5) is 5.69 Å². The third kappa shape index (κ3) is 2.86. The minimum Gasteiger partial charge on any atom is -0.327 e. The Morgan fingerprint density at radius 3 is 2.41 bits per heavy atom. The number of benzene rings is 2. The molecule has 1 aliphatic rings. The molecule has 3 rings (SSSR count). The van der Waals surface area contributed by atoms with Crippen LogP contribution >= 0.6 is 35.4 Å². The second kappa shape index (κ2) is 6.08. The topological polar surface area (TPSA) is 32.3 Å². The third-order valence-electron chi connectivity index (χ3n) is 3.15. The van der Waals surface area contributed by atoms with Crippen LogP contribution in [0.25, 0.3) is 6.08 Å². The first-order chi connectivity index (χ1) is 10.6. The van der Waals surface area contributed by atoms with Crippen molar-refractivity contribution in [2.24, 2.45) is 0 Å². The van der Waals surface area contributed by atoms with Crippen LogP contribution < -0.4 is 10.2 Å². The van der Waals surface area contributed by atoms with E-state index in [4.69, 9.17) is 35.4 Å². The highest BCUT2D eigenvalue weighted by molar-refractivity contribution is 7.80. The molecular formula is C16H10Cl2N2OS. The number of carbonyl (C=O) groups excluding carboxylic acids is 1. The summed E-state index contributed by atoms with van der Waals surface area (Å²) in [6.07, 6.45) is 1.72. The van der Waals surface area contributed by atoms with E-state index in [1.807, 2.05) is 12.1 Å². The van der Waals surface area contributed by atoms with Gasteiger partial charge >= 0.3 is 0 Å². The fraction of sp³-hybridized carbons (Fsp3) is 0. The van der Waals surface area contributed by atoms with Crippen molar-refractivity contribution in [1.29, 1.82) is 0 Å². The molecule has 1 amide bonds. The average Bonchev–Trinajstić information content (AvgIpc) is 2.77. The van der Waals surface area contributed by atoms with E-state index in [1.165, 1.54) is 4.90 Å². The largest absolute Gasteiger partial charge is 0.327 e. The highest BCUT2D eigenvalue weighted by atomic mass is 35.5. The Labute approximate surface area is 143 Å². The number of nitrogens with zero attached hydrogens (tertiary/aromatic N) is 1. The van der Waals surface area contributed by atoms with Gasteiger partial charge in [-0.05, 0) is 48.1 Å². The standard InChI is InChI=1S/C16H10Cl2N2OS/c17-11-7-5-10(6-8-11)9-13-15(21)20(16(22)19-13)14-4-2-1-3-12(14)18/h1-9H,(H,19,22)/b13-9-. The molecule has 2 aromatic rings. The van der Waals surface area contributed by atoms with Crippen LogP contribution in [-0.2, 0) is 4.79 Å². The van der Waals surface area contributed by atoms with Crippen LogP contribution in [0.1, 0.15) is 5.56 Å². The molecule has 2 aromatic carbocycles. The van der Waals surface area contributed by atoms with Crippen LogP contribution in [0.15, 0.2) is 54.2 Å². The lowest BCUT2D eigenvalue weighted by Gasteiger charge is -2.15. The second-order valence-electron chi connectivity index (χ2n) is 4.63. The summed E-state index contributed by atoms with van der Waals surface area (Å²) in [7, 11) is 0. The van der Waals surface area contributed by atoms with E-state index < -0.39 is 0 Å². The molecule has 1 fully saturated rings. The van der Waals surface area contributed by atoms with Gasteiger partial charge in [-0.2, -0.15) is 0 Å². The number of hydrogen-bond acceptors (Lipinski definition) is 2. The maximum absolute atomic E-state index is 12.6. The number of halogens is 2. The average molecular weight is 349 g/mol. The minimum absolute atomic E-state index is 0.243. The smallest absolute Gasteiger partial charge is 0.281 e. The Kier molecular flexibility index (Phi) is 4.16. The Hall–Kier alpha value is -1.88. The molecule has 0 spiro atoms. The number of rotatable bonds is 2.